The van der Waals surface area contributed by atoms with Gasteiger partial charge in [0.15, 0.2) is 0 Å². The molecule has 6 nitrogen and oxygen atoms in total. The van der Waals surface area contributed by atoms with Gasteiger partial charge in [-0.2, -0.15) is 10.2 Å². The monoisotopic (exact) mass is 339 g/mol. The maximum absolute atomic E-state index is 13.5. The van der Waals surface area contributed by atoms with Crippen LogP contribution in [-0.2, 0) is 13.6 Å². The zero-order valence-corrected chi connectivity index (χ0v) is 13.8. The molecule has 1 N–H and O–H groups in total. The maximum atomic E-state index is 13.5. The van der Waals surface area contributed by atoms with E-state index in [2.05, 4.69) is 15.3 Å². The number of hydrogen-bond acceptors (Lipinski definition) is 3. The van der Waals surface area contributed by atoms with Gasteiger partial charge in [0.25, 0.3) is 5.91 Å². The number of hydrogen-bond donors (Lipinski definition) is 1. The van der Waals surface area contributed by atoms with Crippen molar-refractivity contribution in [3.8, 4) is 11.3 Å². The second-order valence-corrected chi connectivity index (χ2v) is 6.36. The minimum atomic E-state index is -0.347. The summed E-state index contributed by atoms with van der Waals surface area (Å²) in [5.41, 5.74) is 2.60. The van der Waals surface area contributed by atoms with Crippen molar-refractivity contribution in [2.75, 3.05) is 0 Å². The molecule has 1 aliphatic rings. The number of amides is 1. The molecule has 0 aliphatic heterocycles. The third-order valence-electron chi connectivity index (χ3n) is 4.34. The Bertz CT molecular complexity index is 912. The summed E-state index contributed by atoms with van der Waals surface area (Å²) in [6.07, 6.45) is 7.19. The number of nitrogens with one attached hydrogen (secondary N) is 1. The number of carbonyl (C=O) groups excluding carboxylic acids is 1. The quantitative estimate of drug-likeness (QED) is 0.777. The second kappa shape index (κ2) is 6.16. The first-order valence-corrected chi connectivity index (χ1v) is 8.19. The van der Waals surface area contributed by atoms with Gasteiger partial charge in [-0.1, -0.05) is 12.1 Å². The van der Waals surface area contributed by atoms with Crippen molar-refractivity contribution < 1.29 is 9.18 Å². The molecule has 25 heavy (non-hydrogen) atoms. The number of nitrogens with zero attached hydrogens (tertiary/aromatic N) is 4. The van der Waals surface area contributed by atoms with Crippen LogP contribution < -0.4 is 0 Å². The third-order valence-corrected chi connectivity index (χ3v) is 4.34. The fourth-order valence-corrected chi connectivity index (χ4v) is 2.97. The highest BCUT2D eigenvalue weighted by molar-refractivity contribution is 6.00. The van der Waals surface area contributed by atoms with Crippen LogP contribution in [0.4, 0.5) is 4.39 Å². The van der Waals surface area contributed by atoms with Crippen molar-refractivity contribution in [3.05, 3.63) is 59.8 Å². The lowest BCUT2D eigenvalue weighted by Gasteiger charge is -2.21. The molecular weight excluding hydrogens is 321 g/mol. The van der Waals surface area contributed by atoms with E-state index >= 15 is 0 Å². The Morgan fingerprint density at radius 2 is 2.24 bits per heavy atom. The number of aromatic amines is 1. The molecule has 1 amide bonds. The molecule has 1 saturated carbocycles. The predicted molar refractivity (Wildman–Crippen MR) is 90.1 cm³/mol. The topological polar surface area (TPSA) is 66.8 Å². The van der Waals surface area contributed by atoms with Gasteiger partial charge in [-0.05, 0) is 25.0 Å². The number of carbonyl (C=O) groups is 1. The number of benzene rings is 1. The van der Waals surface area contributed by atoms with Crippen LogP contribution in [0.1, 0.15) is 28.8 Å². The fraction of sp³-hybridized carbons (Fsp3) is 0.278. The van der Waals surface area contributed by atoms with E-state index in [4.69, 9.17) is 0 Å². The Balaban J connectivity index is 1.64. The lowest BCUT2D eigenvalue weighted by atomic mass is 10.1. The Morgan fingerprint density at radius 1 is 1.40 bits per heavy atom. The van der Waals surface area contributed by atoms with Gasteiger partial charge in [-0.3, -0.25) is 14.6 Å². The molecule has 1 fully saturated rings. The van der Waals surface area contributed by atoms with Crippen molar-refractivity contribution in [2.24, 2.45) is 7.05 Å². The highest BCUT2D eigenvalue weighted by Crippen LogP contribution is 2.31. The Labute approximate surface area is 144 Å². The minimum absolute atomic E-state index is 0.0978. The standard InChI is InChI=1S/C18H18FN5O/c1-23-10-12(8-21-23)11-24(15-5-6-15)18(25)16-9-20-22-17(16)13-3-2-4-14(19)7-13/h2-4,7-10,15H,5-6,11H2,1H3,(H,20,22). The first kappa shape index (κ1) is 15.6. The smallest absolute Gasteiger partial charge is 0.258 e. The highest BCUT2D eigenvalue weighted by atomic mass is 19.1. The Morgan fingerprint density at radius 3 is 2.92 bits per heavy atom. The van der Waals surface area contributed by atoms with Crippen molar-refractivity contribution in [1.82, 2.24) is 24.9 Å². The van der Waals surface area contributed by atoms with Crippen LogP contribution in [0.25, 0.3) is 11.3 Å². The van der Waals surface area contributed by atoms with E-state index in [1.165, 1.54) is 18.3 Å². The molecule has 7 heteroatoms. The van der Waals surface area contributed by atoms with E-state index in [-0.39, 0.29) is 17.8 Å². The van der Waals surface area contributed by atoms with Gasteiger partial charge in [0.1, 0.15) is 5.82 Å². The van der Waals surface area contributed by atoms with E-state index in [0.29, 0.717) is 23.4 Å². The van der Waals surface area contributed by atoms with Gasteiger partial charge in [-0.25, -0.2) is 4.39 Å². The van der Waals surface area contributed by atoms with Gasteiger partial charge >= 0.3 is 0 Å². The Hall–Kier alpha value is -2.96. The van der Waals surface area contributed by atoms with Crippen molar-refractivity contribution in [1.29, 1.82) is 0 Å². The molecule has 2 heterocycles. The van der Waals surface area contributed by atoms with E-state index < -0.39 is 0 Å². The van der Waals surface area contributed by atoms with Gasteiger partial charge in [0.05, 0.1) is 23.7 Å². The number of H-pyrrole nitrogens is 1. The molecule has 0 spiro atoms. The molecule has 0 bridgehead atoms. The molecule has 4 rings (SSSR count). The van der Waals surface area contributed by atoms with Crippen LogP contribution in [0.3, 0.4) is 0 Å². The van der Waals surface area contributed by atoms with Crippen LogP contribution in [0, 0.1) is 5.82 Å². The van der Waals surface area contributed by atoms with E-state index in [1.54, 1.807) is 23.0 Å². The largest absolute Gasteiger partial charge is 0.331 e. The van der Waals surface area contributed by atoms with Crippen molar-refractivity contribution >= 4 is 5.91 Å². The SMILES string of the molecule is Cn1cc(CN(C(=O)c2cn[nH]c2-c2cccc(F)c2)C2CC2)cn1. The zero-order valence-electron chi connectivity index (χ0n) is 13.8. The summed E-state index contributed by atoms with van der Waals surface area (Å²) in [7, 11) is 1.85. The van der Waals surface area contributed by atoms with Crippen molar-refractivity contribution in [2.45, 2.75) is 25.4 Å². The average Bonchev–Trinajstić information content (AvgIpc) is 3.16. The summed E-state index contributed by atoms with van der Waals surface area (Å²) < 4.78 is 15.3. The summed E-state index contributed by atoms with van der Waals surface area (Å²) in [6, 6.07) is 6.39. The van der Waals surface area contributed by atoms with Gasteiger partial charge in [0.2, 0.25) is 0 Å². The van der Waals surface area contributed by atoms with Crippen LogP contribution >= 0.6 is 0 Å². The van der Waals surface area contributed by atoms with Crippen LogP contribution in [0.2, 0.25) is 0 Å². The molecule has 0 unspecified atom stereocenters. The van der Waals surface area contributed by atoms with Crippen molar-refractivity contribution in [3.63, 3.8) is 0 Å². The summed E-state index contributed by atoms with van der Waals surface area (Å²) in [6.45, 7) is 0.505. The minimum Gasteiger partial charge on any atom is -0.331 e. The first-order valence-electron chi connectivity index (χ1n) is 8.19. The van der Waals surface area contributed by atoms with Crippen LogP contribution in [0.15, 0.2) is 42.9 Å². The molecule has 1 aromatic carbocycles. The van der Waals surface area contributed by atoms with E-state index in [0.717, 1.165) is 18.4 Å². The number of aryl methyl sites for hydroxylation is 1. The second-order valence-electron chi connectivity index (χ2n) is 6.36. The lowest BCUT2D eigenvalue weighted by Crippen LogP contribution is -2.32. The van der Waals surface area contributed by atoms with Crippen LogP contribution in [0.5, 0.6) is 0 Å². The molecular formula is C18H18FN5O. The molecule has 1 aliphatic carbocycles. The summed E-state index contributed by atoms with van der Waals surface area (Å²) in [5, 5.41) is 11.0. The molecule has 0 atom stereocenters. The van der Waals surface area contributed by atoms with E-state index in [9.17, 15) is 9.18 Å². The fourth-order valence-electron chi connectivity index (χ4n) is 2.97. The van der Waals surface area contributed by atoms with Gasteiger partial charge < -0.3 is 4.90 Å². The molecule has 0 saturated heterocycles. The maximum Gasteiger partial charge on any atom is 0.258 e. The van der Waals surface area contributed by atoms with E-state index in [1.807, 2.05) is 18.1 Å². The predicted octanol–water partition coefficient (Wildman–Crippen LogP) is 2.75. The third kappa shape index (κ3) is 3.17. The van der Waals surface area contributed by atoms with Crippen LogP contribution in [-0.4, -0.2) is 36.8 Å². The first-order chi connectivity index (χ1) is 12.1. The number of halogens is 1. The number of aromatic nitrogens is 4. The summed E-state index contributed by atoms with van der Waals surface area (Å²) in [5.74, 6) is -0.445. The lowest BCUT2D eigenvalue weighted by molar-refractivity contribution is 0.0730. The molecule has 3 aromatic rings. The normalized spacial score (nSPS) is 13.8. The highest BCUT2D eigenvalue weighted by Gasteiger charge is 2.34. The Kier molecular flexibility index (Phi) is 3.83. The molecule has 0 radical (unpaired) electrons. The van der Waals surface area contributed by atoms with Gasteiger partial charge in [-0.15, -0.1) is 0 Å². The summed E-state index contributed by atoms with van der Waals surface area (Å²) >= 11 is 0. The molecule has 2 aromatic heterocycles. The average molecular weight is 339 g/mol. The number of rotatable bonds is 5. The van der Waals surface area contributed by atoms with Gasteiger partial charge in [0, 0.05) is 37.0 Å². The summed E-state index contributed by atoms with van der Waals surface area (Å²) in [4.78, 5) is 15.0. The zero-order chi connectivity index (χ0) is 17.4. The molecule has 128 valence electrons.